The van der Waals surface area contributed by atoms with Crippen molar-refractivity contribution < 1.29 is 32.6 Å². The number of hydrogen-bond acceptors (Lipinski definition) is 5. The molecule has 0 amide bonds. The van der Waals surface area contributed by atoms with E-state index in [2.05, 4.69) is 0 Å². The minimum atomic E-state index is -3.46. The zero-order chi connectivity index (χ0) is 14.2. The number of carboxylic acid groups (broad SMARTS) is 1. The summed E-state index contributed by atoms with van der Waals surface area (Å²) < 4.78 is 41.2. The zero-order valence-electron chi connectivity index (χ0n) is 9.61. The highest BCUT2D eigenvalue weighted by molar-refractivity contribution is 7.91. The summed E-state index contributed by atoms with van der Waals surface area (Å²) in [6, 6.07) is 3.33. The quantitative estimate of drug-likeness (QED) is 0.816. The molecule has 1 saturated heterocycles. The molecule has 1 aliphatic heterocycles. The maximum atomic E-state index is 13.6. The molecule has 0 aliphatic carbocycles. The predicted octanol–water partition coefficient (Wildman–Crippen LogP) is 0.0606. The Bertz CT molecular complexity index is 612. The summed E-state index contributed by atoms with van der Waals surface area (Å²) >= 11 is 0. The SMILES string of the molecule is O=C(O)c1cccc(F)c1OC1CS(=O)(=O)CC1O. The number of sulfone groups is 1. The second kappa shape index (κ2) is 4.78. The van der Waals surface area contributed by atoms with E-state index in [1.807, 2.05) is 0 Å². The van der Waals surface area contributed by atoms with E-state index in [4.69, 9.17) is 9.84 Å². The van der Waals surface area contributed by atoms with Gasteiger partial charge >= 0.3 is 5.97 Å². The Hall–Kier alpha value is -1.67. The molecule has 1 aliphatic rings. The molecule has 1 heterocycles. The number of benzene rings is 1. The van der Waals surface area contributed by atoms with Crippen molar-refractivity contribution in [1.82, 2.24) is 0 Å². The Labute approximate surface area is 108 Å². The van der Waals surface area contributed by atoms with Crippen molar-refractivity contribution in [1.29, 1.82) is 0 Å². The van der Waals surface area contributed by atoms with Crippen LogP contribution in [0.2, 0.25) is 0 Å². The lowest BCUT2D eigenvalue weighted by Crippen LogP contribution is -2.30. The van der Waals surface area contributed by atoms with Crippen molar-refractivity contribution in [3.05, 3.63) is 29.6 Å². The van der Waals surface area contributed by atoms with Crippen molar-refractivity contribution in [2.24, 2.45) is 0 Å². The topological polar surface area (TPSA) is 101 Å². The molecule has 0 aromatic heterocycles. The van der Waals surface area contributed by atoms with Crippen LogP contribution in [0, 0.1) is 5.82 Å². The molecular weight excluding hydrogens is 279 g/mol. The third-order valence-corrected chi connectivity index (χ3v) is 4.42. The Balaban J connectivity index is 2.32. The van der Waals surface area contributed by atoms with Crippen LogP contribution in [0.15, 0.2) is 18.2 Å². The summed E-state index contributed by atoms with van der Waals surface area (Å²) in [5.41, 5.74) is -0.420. The highest BCUT2D eigenvalue weighted by Gasteiger charge is 2.39. The van der Waals surface area contributed by atoms with Gasteiger partial charge in [-0.15, -0.1) is 0 Å². The monoisotopic (exact) mass is 290 g/mol. The smallest absolute Gasteiger partial charge is 0.339 e. The lowest BCUT2D eigenvalue weighted by atomic mass is 10.2. The van der Waals surface area contributed by atoms with E-state index in [0.29, 0.717) is 0 Å². The van der Waals surface area contributed by atoms with Crippen LogP contribution in [0.25, 0.3) is 0 Å². The number of rotatable bonds is 3. The molecule has 0 spiro atoms. The van der Waals surface area contributed by atoms with Gasteiger partial charge in [0.1, 0.15) is 17.8 Å². The first-order chi connectivity index (χ1) is 8.80. The first kappa shape index (κ1) is 13.8. The summed E-state index contributed by atoms with van der Waals surface area (Å²) in [5, 5.41) is 18.4. The van der Waals surface area contributed by atoms with Crippen LogP contribution in [0.1, 0.15) is 10.4 Å². The number of para-hydroxylation sites is 1. The first-order valence-corrected chi connectivity index (χ1v) is 7.19. The molecule has 1 aromatic carbocycles. The van der Waals surface area contributed by atoms with Gasteiger partial charge in [-0.1, -0.05) is 6.07 Å². The van der Waals surface area contributed by atoms with Gasteiger partial charge in [-0.05, 0) is 12.1 Å². The van der Waals surface area contributed by atoms with Crippen molar-refractivity contribution in [3.8, 4) is 5.75 Å². The number of halogens is 1. The first-order valence-electron chi connectivity index (χ1n) is 5.37. The summed E-state index contributed by atoms with van der Waals surface area (Å²) in [5.74, 6) is -3.83. The van der Waals surface area contributed by atoms with Crippen LogP contribution in [-0.2, 0) is 9.84 Å². The van der Waals surface area contributed by atoms with Gasteiger partial charge in [-0.25, -0.2) is 17.6 Å². The molecule has 104 valence electrons. The molecule has 8 heteroatoms. The third kappa shape index (κ3) is 2.85. The van der Waals surface area contributed by atoms with Gasteiger partial charge in [-0.2, -0.15) is 0 Å². The molecule has 2 unspecified atom stereocenters. The molecule has 6 nitrogen and oxygen atoms in total. The van der Waals surface area contributed by atoms with E-state index in [0.717, 1.165) is 12.1 Å². The lowest BCUT2D eigenvalue weighted by molar-refractivity contribution is 0.0620. The minimum absolute atomic E-state index is 0.420. The van der Waals surface area contributed by atoms with Crippen LogP contribution in [0.4, 0.5) is 4.39 Å². The molecule has 19 heavy (non-hydrogen) atoms. The molecular formula is C11H11FO6S. The van der Waals surface area contributed by atoms with E-state index >= 15 is 0 Å². The fourth-order valence-electron chi connectivity index (χ4n) is 1.86. The zero-order valence-corrected chi connectivity index (χ0v) is 10.4. The van der Waals surface area contributed by atoms with Gasteiger partial charge in [0.05, 0.1) is 11.5 Å². The molecule has 0 bridgehead atoms. The highest BCUT2D eigenvalue weighted by Crippen LogP contribution is 2.27. The number of carboxylic acids is 1. The lowest BCUT2D eigenvalue weighted by Gasteiger charge is -2.17. The summed E-state index contributed by atoms with van der Waals surface area (Å²) in [6.45, 7) is 0. The van der Waals surface area contributed by atoms with Gasteiger partial charge in [0.2, 0.25) is 0 Å². The fourth-order valence-corrected chi connectivity index (χ4v) is 3.52. The maximum absolute atomic E-state index is 13.6. The normalized spacial score (nSPS) is 25.2. The van der Waals surface area contributed by atoms with Crippen molar-refractivity contribution in [2.75, 3.05) is 11.5 Å². The summed E-state index contributed by atoms with van der Waals surface area (Å²) in [6.07, 6.45) is -2.47. The standard InChI is InChI=1S/C11H11FO6S/c12-7-3-1-2-6(11(14)15)10(7)18-9-5-19(16,17)4-8(9)13/h1-3,8-9,13H,4-5H2,(H,14,15). The largest absolute Gasteiger partial charge is 0.483 e. The number of aliphatic hydroxyl groups excluding tert-OH is 1. The van der Waals surface area contributed by atoms with Gasteiger partial charge < -0.3 is 14.9 Å². The summed E-state index contributed by atoms with van der Waals surface area (Å²) in [7, 11) is -3.46. The Morgan fingerprint density at radius 3 is 2.58 bits per heavy atom. The van der Waals surface area contributed by atoms with Crippen LogP contribution in [0.5, 0.6) is 5.75 Å². The number of aromatic carboxylic acids is 1. The van der Waals surface area contributed by atoms with Gasteiger partial charge in [-0.3, -0.25) is 0 Å². The second-order valence-electron chi connectivity index (χ2n) is 4.22. The molecule has 2 N–H and O–H groups in total. The maximum Gasteiger partial charge on any atom is 0.339 e. The van der Waals surface area contributed by atoms with Crippen LogP contribution < -0.4 is 4.74 Å². The van der Waals surface area contributed by atoms with Crippen molar-refractivity contribution >= 4 is 15.8 Å². The predicted molar refractivity (Wildman–Crippen MR) is 62.4 cm³/mol. The Morgan fingerprint density at radius 1 is 1.37 bits per heavy atom. The average molecular weight is 290 g/mol. The minimum Gasteiger partial charge on any atom is -0.483 e. The molecule has 0 saturated carbocycles. The van der Waals surface area contributed by atoms with Gasteiger partial charge in [0.15, 0.2) is 21.4 Å². The van der Waals surface area contributed by atoms with Crippen molar-refractivity contribution in [2.45, 2.75) is 12.2 Å². The van der Waals surface area contributed by atoms with Gasteiger partial charge in [0, 0.05) is 0 Å². The third-order valence-electron chi connectivity index (χ3n) is 2.74. The number of ether oxygens (including phenoxy) is 1. The molecule has 2 atom stereocenters. The van der Waals surface area contributed by atoms with Crippen LogP contribution in [-0.4, -0.2) is 48.3 Å². The number of aliphatic hydroxyl groups is 1. The second-order valence-corrected chi connectivity index (χ2v) is 6.38. The molecule has 0 radical (unpaired) electrons. The van der Waals surface area contributed by atoms with E-state index in [9.17, 15) is 22.7 Å². The highest BCUT2D eigenvalue weighted by atomic mass is 32.2. The van der Waals surface area contributed by atoms with E-state index < -0.39 is 56.7 Å². The Kier molecular flexibility index (Phi) is 3.46. The van der Waals surface area contributed by atoms with Gasteiger partial charge in [0.25, 0.3) is 0 Å². The Morgan fingerprint density at radius 2 is 2.05 bits per heavy atom. The van der Waals surface area contributed by atoms with E-state index in [1.165, 1.54) is 6.07 Å². The van der Waals surface area contributed by atoms with Crippen LogP contribution >= 0.6 is 0 Å². The van der Waals surface area contributed by atoms with Crippen molar-refractivity contribution in [3.63, 3.8) is 0 Å². The van der Waals surface area contributed by atoms with E-state index in [1.54, 1.807) is 0 Å². The molecule has 1 fully saturated rings. The fraction of sp³-hybridized carbons (Fsp3) is 0.364. The molecule has 1 aromatic rings. The van der Waals surface area contributed by atoms with Crippen LogP contribution in [0.3, 0.4) is 0 Å². The van der Waals surface area contributed by atoms with E-state index in [-0.39, 0.29) is 0 Å². The molecule has 2 rings (SSSR count). The number of hydrogen-bond donors (Lipinski definition) is 2. The number of carbonyl (C=O) groups is 1. The summed E-state index contributed by atoms with van der Waals surface area (Å²) in [4.78, 5) is 10.9. The average Bonchev–Trinajstić information content (AvgIpc) is 2.54.